The van der Waals surface area contributed by atoms with Crippen LogP contribution in [-0.2, 0) is 0 Å². The Morgan fingerprint density at radius 2 is 1.85 bits per heavy atom. The highest BCUT2D eigenvalue weighted by Crippen LogP contribution is 2.29. The maximum atomic E-state index is 6.30. The number of rotatable bonds is 1. The molecular formula is C16H12BrClN2. The molecule has 0 saturated heterocycles. The number of aryl methyl sites for hydroxylation is 1. The zero-order valence-corrected chi connectivity index (χ0v) is 13.5. The van der Waals surface area contributed by atoms with Gasteiger partial charge in [-0.1, -0.05) is 45.7 Å². The zero-order valence-electron chi connectivity index (χ0n) is 11.1. The summed E-state index contributed by atoms with van der Waals surface area (Å²) < 4.78 is 0.968. The first-order valence-electron chi connectivity index (χ1n) is 6.25. The first-order valence-corrected chi connectivity index (χ1v) is 7.43. The number of nitrogens with zero attached hydrogens (tertiary/aromatic N) is 2. The van der Waals surface area contributed by atoms with Crippen LogP contribution in [-0.4, -0.2) is 9.97 Å². The molecule has 0 spiro atoms. The molecule has 0 unspecified atom stereocenters. The predicted octanol–water partition coefficient (Wildman–Crippen LogP) is 5.33. The van der Waals surface area contributed by atoms with Gasteiger partial charge in [-0.2, -0.15) is 0 Å². The van der Waals surface area contributed by atoms with Crippen molar-refractivity contribution >= 4 is 38.4 Å². The van der Waals surface area contributed by atoms with Crippen LogP contribution in [0.15, 0.2) is 40.9 Å². The average Bonchev–Trinajstić information content (AvgIpc) is 2.42. The van der Waals surface area contributed by atoms with Gasteiger partial charge in [0.1, 0.15) is 5.15 Å². The standard InChI is InChI=1S/C16H12BrClN2/c1-9-4-3-5-12(10(9)2)16-19-14-7-6-11(17)8-13(14)15(18)20-16/h3-8H,1-2H3. The van der Waals surface area contributed by atoms with E-state index in [0.29, 0.717) is 11.0 Å². The van der Waals surface area contributed by atoms with Gasteiger partial charge in [-0.3, -0.25) is 0 Å². The summed E-state index contributed by atoms with van der Waals surface area (Å²) in [5.41, 5.74) is 4.28. The van der Waals surface area contributed by atoms with E-state index in [0.717, 1.165) is 20.9 Å². The Balaban J connectivity index is 2.28. The van der Waals surface area contributed by atoms with E-state index >= 15 is 0 Å². The fraction of sp³-hybridized carbons (Fsp3) is 0.125. The molecule has 1 aromatic heterocycles. The Morgan fingerprint density at radius 3 is 2.65 bits per heavy atom. The van der Waals surface area contributed by atoms with Crippen LogP contribution in [0.3, 0.4) is 0 Å². The Labute approximate surface area is 131 Å². The van der Waals surface area contributed by atoms with Gasteiger partial charge < -0.3 is 0 Å². The number of halogens is 2. The lowest BCUT2D eigenvalue weighted by molar-refractivity contribution is 1.20. The second kappa shape index (κ2) is 5.15. The minimum Gasteiger partial charge on any atom is -0.228 e. The highest BCUT2D eigenvalue weighted by Gasteiger charge is 2.11. The van der Waals surface area contributed by atoms with Gasteiger partial charge in [0.15, 0.2) is 5.82 Å². The molecule has 0 saturated carbocycles. The van der Waals surface area contributed by atoms with Crippen LogP contribution < -0.4 is 0 Å². The van der Waals surface area contributed by atoms with Crippen molar-refractivity contribution in [3.63, 3.8) is 0 Å². The van der Waals surface area contributed by atoms with E-state index in [-0.39, 0.29) is 0 Å². The van der Waals surface area contributed by atoms with Crippen LogP contribution in [0.5, 0.6) is 0 Å². The van der Waals surface area contributed by atoms with E-state index in [9.17, 15) is 0 Å². The fourth-order valence-corrected chi connectivity index (χ4v) is 2.77. The lowest BCUT2D eigenvalue weighted by Crippen LogP contribution is -1.95. The maximum Gasteiger partial charge on any atom is 0.161 e. The van der Waals surface area contributed by atoms with Crippen LogP contribution in [0.4, 0.5) is 0 Å². The third-order valence-corrected chi connectivity index (χ3v) is 4.24. The largest absolute Gasteiger partial charge is 0.228 e. The van der Waals surface area contributed by atoms with Gasteiger partial charge in [0.25, 0.3) is 0 Å². The van der Waals surface area contributed by atoms with Gasteiger partial charge in [-0.25, -0.2) is 9.97 Å². The minimum absolute atomic E-state index is 0.479. The van der Waals surface area contributed by atoms with Crippen molar-refractivity contribution in [1.82, 2.24) is 9.97 Å². The molecule has 0 bridgehead atoms. The van der Waals surface area contributed by atoms with Crippen LogP contribution in [0, 0.1) is 13.8 Å². The molecule has 0 aliphatic carbocycles. The molecule has 1 heterocycles. The molecule has 3 aromatic rings. The number of hydrogen-bond donors (Lipinski definition) is 0. The number of hydrogen-bond acceptors (Lipinski definition) is 2. The lowest BCUT2D eigenvalue weighted by Gasteiger charge is -2.09. The molecule has 0 aliphatic rings. The molecule has 100 valence electrons. The number of benzene rings is 2. The Kier molecular flexibility index (Phi) is 3.48. The van der Waals surface area contributed by atoms with Crippen LogP contribution in [0.2, 0.25) is 5.15 Å². The summed E-state index contributed by atoms with van der Waals surface area (Å²) in [5.74, 6) is 0.672. The van der Waals surface area contributed by atoms with Crippen molar-refractivity contribution < 1.29 is 0 Å². The molecule has 4 heteroatoms. The van der Waals surface area contributed by atoms with Crippen molar-refractivity contribution in [2.75, 3.05) is 0 Å². The summed E-state index contributed by atoms with van der Waals surface area (Å²) in [6.45, 7) is 4.16. The molecule has 0 N–H and O–H groups in total. The predicted molar refractivity (Wildman–Crippen MR) is 87.2 cm³/mol. The van der Waals surface area contributed by atoms with E-state index in [1.807, 2.05) is 30.3 Å². The quantitative estimate of drug-likeness (QED) is 0.556. The van der Waals surface area contributed by atoms with Gasteiger partial charge in [0.2, 0.25) is 0 Å². The average molecular weight is 348 g/mol. The summed E-state index contributed by atoms with van der Waals surface area (Å²) in [7, 11) is 0. The molecule has 0 aliphatic heterocycles. The minimum atomic E-state index is 0.479. The van der Waals surface area contributed by atoms with Crippen molar-refractivity contribution in [2.24, 2.45) is 0 Å². The highest BCUT2D eigenvalue weighted by atomic mass is 79.9. The van der Waals surface area contributed by atoms with Crippen LogP contribution in [0.25, 0.3) is 22.3 Å². The fourth-order valence-electron chi connectivity index (χ4n) is 2.18. The van der Waals surface area contributed by atoms with Gasteiger partial charge in [0, 0.05) is 15.4 Å². The van der Waals surface area contributed by atoms with Crippen LogP contribution in [0.1, 0.15) is 11.1 Å². The topological polar surface area (TPSA) is 25.8 Å². The molecule has 0 atom stereocenters. The molecule has 0 fully saturated rings. The molecule has 2 nitrogen and oxygen atoms in total. The van der Waals surface area contributed by atoms with E-state index in [1.54, 1.807) is 0 Å². The second-order valence-electron chi connectivity index (χ2n) is 4.75. The smallest absolute Gasteiger partial charge is 0.161 e. The van der Waals surface area contributed by atoms with E-state index in [2.05, 4.69) is 45.8 Å². The van der Waals surface area contributed by atoms with Crippen molar-refractivity contribution in [3.8, 4) is 11.4 Å². The SMILES string of the molecule is Cc1cccc(-c2nc(Cl)c3cc(Br)ccc3n2)c1C. The lowest BCUT2D eigenvalue weighted by atomic mass is 10.0. The zero-order chi connectivity index (χ0) is 14.3. The molecule has 0 amide bonds. The van der Waals surface area contributed by atoms with E-state index in [1.165, 1.54) is 11.1 Å². The monoisotopic (exact) mass is 346 g/mol. The molecular weight excluding hydrogens is 336 g/mol. The van der Waals surface area contributed by atoms with Gasteiger partial charge in [-0.05, 0) is 43.2 Å². The summed E-state index contributed by atoms with van der Waals surface area (Å²) in [5, 5.41) is 1.34. The molecule has 2 aromatic carbocycles. The first kappa shape index (κ1) is 13.5. The van der Waals surface area contributed by atoms with E-state index in [4.69, 9.17) is 11.6 Å². The van der Waals surface area contributed by atoms with Crippen molar-refractivity contribution in [1.29, 1.82) is 0 Å². The Hall–Kier alpha value is -1.45. The number of aromatic nitrogens is 2. The van der Waals surface area contributed by atoms with Crippen molar-refractivity contribution in [2.45, 2.75) is 13.8 Å². The first-order chi connectivity index (χ1) is 9.56. The Bertz CT molecular complexity index is 815. The second-order valence-corrected chi connectivity index (χ2v) is 6.02. The van der Waals surface area contributed by atoms with Gasteiger partial charge >= 0.3 is 0 Å². The highest BCUT2D eigenvalue weighted by molar-refractivity contribution is 9.10. The summed E-state index contributed by atoms with van der Waals surface area (Å²) >= 11 is 9.74. The number of fused-ring (bicyclic) bond motifs is 1. The third-order valence-electron chi connectivity index (χ3n) is 3.46. The summed E-state index contributed by atoms with van der Waals surface area (Å²) in [6.07, 6.45) is 0. The summed E-state index contributed by atoms with van der Waals surface area (Å²) in [4.78, 5) is 9.08. The summed E-state index contributed by atoms with van der Waals surface area (Å²) in [6, 6.07) is 12.0. The Morgan fingerprint density at radius 1 is 1.05 bits per heavy atom. The molecule has 0 radical (unpaired) electrons. The van der Waals surface area contributed by atoms with E-state index < -0.39 is 0 Å². The van der Waals surface area contributed by atoms with Crippen molar-refractivity contribution in [3.05, 3.63) is 57.2 Å². The van der Waals surface area contributed by atoms with Gasteiger partial charge in [0.05, 0.1) is 5.52 Å². The maximum absolute atomic E-state index is 6.30. The normalized spacial score (nSPS) is 11.0. The third kappa shape index (κ3) is 2.32. The van der Waals surface area contributed by atoms with Crippen LogP contribution >= 0.6 is 27.5 Å². The van der Waals surface area contributed by atoms with Gasteiger partial charge in [-0.15, -0.1) is 0 Å². The molecule has 3 rings (SSSR count). The molecule has 20 heavy (non-hydrogen) atoms.